The first-order chi connectivity index (χ1) is 14.9. The molecular formula is C25H26ClN2O2S+. The van der Waals surface area contributed by atoms with Gasteiger partial charge in [0.2, 0.25) is 6.73 Å². The average Bonchev–Trinajstić information content (AvgIpc) is 2.78. The molecule has 3 aromatic rings. The summed E-state index contributed by atoms with van der Waals surface area (Å²) >= 11 is 8.09. The first kappa shape index (κ1) is 21.8. The maximum atomic E-state index is 12.3. The zero-order chi connectivity index (χ0) is 21.8. The second-order valence-electron chi connectivity index (χ2n) is 8.27. The van der Waals surface area contributed by atoms with Crippen LogP contribution in [0, 0.1) is 0 Å². The summed E-state index contributed by atoms with van der Waals surface area (Å²) in [5.74, 6) is -0.280. The predicted octanol–water partition coefficient (Wildman–Crippen LogP) is 6.22. The normalized spacial score (nSPS) is 12.8. The van der Waals surface area contributed by atoms with Crippen molar-refractivity contribution in [1.29, 1.82) is 0 Å². The maximum Gasteiger partial charge on any atom is 0.342 e. The first-order valence-corrected chi connectivity index (χ1v) is 11.5. The van der Waals surface area contributed by atoms with E-state index in [4.69, 9.17) is 16.3 Å². The highest BCUT2D eigenvalue weighted by atomic mass is 35.5. The zero-order valence-electron chi connectivity index (χ0n) is 17.8. The van der Waals surface area contributed by atoms with Crippen molar-refractivity contribution >= 4 is 40.7 Å². The Kier molecular flexibility index (Phi) is 6.56. The van der Waals surface area contributed by atoms with Crippen LogP contribution in [0.4, 0.5) is 11.4 Å². The monoisotopic (exact) mass is 453 g/mol. The second-order valence-corrected chi connectivity index (χ2v) is 9.79. The van der Waals surface area contributed by atoms with Crippen molar-refractivity contribution in [3.8, 4) is 0 Å². The van der Waals surface area contributed by atoms with E-state index in [0.29, 0.717) is 16.8 Å². The van der Waals surface area contributed by atoms with Crippen LogP contribution in [0.3, 0.4) is 0 Å². The number of halogens is 1. The number of benzene rings is 3. The van der Waals surface area contributed by atoms with Gasteiger partial charge in [0.05, 0.1) is 37.6 Å². The number of rotatable bonds is 7. The van der Waals surface area contributed by atoms with Gasteiger partial charge in [-0.3, -0.25) is 4.48 Å². The van der Waals surface area contributed by atoms with Crippen molar-refractivity contribution in [3.63, 3.8) is 0 Å². The topological polar surface area (TPSA) is 29.5 Å². The third-order valence-electron chi connectivity index (χ3n) is 5.29. The highest BCUT2D eigenvalue weighted by Gasteiger charge is 2.25. The number of hydrogen-bond donors (Lipinski definition) is 0. The molecule has 0 aromatic heterocycles. The molecule has 0 aliphatic carbocycles. The molecule has 0 fully saturated rings. The summed E-state index contributed by atoms with van der Waals surface area (Å²) in [4.78, 5) is 17.1. The molecule has 31 heavy (non-hydrogen) atoms. The number of hydrogen-bond acceptors (Lipinski definition) is 4. The van der Waals surface area contributed by atoms with Gasteiger partial charge >= 0.3 is 5.97 Å². The number of quaternary nitrogens is 1. The van der Waals surface area contributed by atoms with Gasteiger partial charge in [-0.15, -0.1) is 0 Å². The molecule has 0 radical (unpaired) electrons. The molecule has 0 spiro atoms. The van der Waals surface area contributed by atoms with Crippen LogP contribution in [0.15, 0.2) is 82.6 Å². The van der Waals surface area contributed by atoms with Gasteiger partial charge in [-0.25, -0.2) is 4.79 Å². The van der Waals surface area contributed by atoms with Gasteiger partial charge in [0.1, 0.15) is 0 Å². The third-order valence-corrected chi connectivity index (χ3v) is 6.65. The maximum absolute atomic E-state index is 12.3. The quantitative estimate of drug-likeness (QED) is 0.241. The summed E-state index contributed by atoms with van der Waals surface area (Å²) in [6.07, 6.45) is 0.945. The fourth-order valence-corrected chi connectivity index (χ4v) is 4.90. The van der Waals surface area contributed by atoms with Gasteiger partial charge in [-0.05, 0) is 42.5 Å². The fraction of sp³-hybridized carbons (Fsp3) is 0.240. The minimum absolute atomic E-state index is 0.280. The minimum atomic E-state index is -0.280. The van der Waals surface area contributed by atoms with E-state index in [0.717, 1.165) is 30.2 Å². The number of carbonyl (C=O) groups is 1. The lowest BCUT2D eigenvalue weighted by atomic mass is 10.2. The number of fused-ring (bicyclic) bond motifs is 2. The Morgan fingerprint density at radius 1 is 0.968 bits per heavy atom. The van der Waals surface area contributed by atoms with Crippen LogP contribution >= 0.6 is 23.4 Å². The van der Waals surface area contributed by atoms with Crippen molar-refractivity contribution in [1.82, 2.24) is 0 Å². The molecule has 0 saturated heterocycles. The second kappa shape index (κ2) is 9.35. The predicted molar refractivity (Wildman–Crippen MR) is 127 cm³/mol. The smallest absolute Gasteiger partial charge is 0.342 e. The van der Waals surface area contributed by atoms with Crippen molar-refractivity contribution in [3.05, 3.63) is 83.4 Å². The molecule has 4 rings (SSSR count). The molecule has 1 heterocycles. The van der Waals surface area contributed by atoms with Crippen molar-refractivity contribution < 1.29 is 14.0 Å². The van der Waals surface area contributed by atoms with E-state index in [-0.39, 0.29) is 5.97 Å². The van der Waals surface area contributed by atoms with Crippen LogP contribution in [-0.2, 0) is 4.74 Å². The van der Waals surface area contributed by atoms with E-state index in [1.165, 1.54) is 15.5 Å². The number of esters is 1. The van der Waals surface area contributed by atoms with Gasteiger partial charge in [-0.2, -0.15) is 0 Å². The molecule has 0 N–H and O–H groups in total. The molecule has 0 unspecified atom stereocenters. The summed E-state index contributed by atoms with van der Waals surface area (Å²) in [5, 5.41) is 0.743. The van der Waals surface area contributed by atoms with E-state index in [2.05, 4.69) is 49.3 Å². The molecule has 3 aromatic carbocycles. The Morgan fingerprint density at radius 3 is 2.48 bits per heavy atom. The van der Waals surface area contributed by atoms with E-state index in [9.17, 15) is 4.79 Å². The van der Waals surface area contributed by atoms with E-state index in [1.807, 2.05) is 30.3 Å². The molecule has 0 bridgehead atoms. The van der Waals surface area contributed by atoms with Crippen molar-refractivity contribution in [2.45, 2.75) is 16.2 Å². The molecule has 0 saturated carbocycles. The zero-order valence-corrected chi connectivity index (χ0v) is 19.3. The molecule has 0 amide bonds. The molecule has 0 atom stereocenters. The summed E-state index contributed by atoms with van der Waals surface area (Å²) in [6.45, 7) is 2.07. The molecule has 6 heteroatoms. The molecular weight excluding hydrogens is 428 g/mol. The van der Waals surface area contributed by atoms with Crippen LogP contribution in [0.1, 0.15) is 16.8 Å². The molecule has 1 aliphatic rings. The number of ether oxygens (including phenoxy) is 1. The third kappa shape index (κ3) is 5.24. The number of carbonyl (C=O) groups excluding carboxylic acids is 1. The largest absolute Gasteiger partial charge is 0.411 e. The van der Waals surface area contributed by atoms with Gasteiger partial charge in [0.25, 0.3) is 0 Å². The lowest BCUT2D eigenvalue weighted by Crippen LogP contribution is -2.44. The Hall–Kier alpha value is -2.47. The summed E-state index contributed by atoms with van der Waals surface area (Å²) < 4.78 is 6.16. The van der Waals surface area contributed by atoms with Gasteiger partial charge < -0.3 is 9.64 Å². The van der Waals surface area contributed by atoms with Crippen LogP contribution in [0.5, 0.6) is 0 Å². The van der Waals surface area contributed by atoms with Crippen LogP contribution < -0.4 is 4.90 Å². The van der Waals surface area contributed by atoms with E-state index >= 15 is 0 Å². The molecule has 160 valence electrons. The summed E-state index contributed by atoms with van der Waals surface area (Å²) in [6, 6.07) is 23.7. The van der Waals surface area contributed by atoms with E-state index < -0.39 is 0 Å². The van der Waals surface area contributed by atoms with Gasteiger partial charge in [-0.1, -0.05) is 53.7 Å². The van der Waals surface area contributed by atoms with Crippen LogP contribution in [0.2, 0.25) is 5.02 Å². The molecule has 4 nitrogen and oxygen atoms in total. The summed E-state index contributed by atoms with van der Waals surface area (Å²) in [5.41, 5.74) is 2.94. The highest BCUT2D eigenvalue weighted by Crippen LogP contribution is 2.48. The average molecular weight is 454 g/mol. The number of anilines is 2. The standard InChI is InChI=1S/C25H26ClN2O2S/c1-28(2,18-30-25(29)19-9-4-3-5-10-19)16-8-15-27-21-11-6-7-12-23(21)31-24-14-13-20(26)17-22(24)27/h3-7,9-14,17H,8,15-16,18H2,1-2H3/q+1. The first-order valence-electron chi connectivity index (χ1n) is 10.3. The van der Waals surface area contributed by atoms with Crippen LogP contribution in [-0.4, -0.2) is 44.4 Å². The minimum Gasteiger partial charge on any atom is -0.411 e. The number of para-hydroxylation sites is 1. The summed E-state index contributed by atoms with van der Waals surface area (Å²) in [7, 11) is 4.17. The Morgan fingerprint density at radius 2 is 1.68 bits per heavy atom. The Bertz CT molecular complexity index is 1070. The lowest BCUT2D eigenvalue weighted by molar-refractivity contribution is -0.907. The Labute approximate surface area is 193 Å². The van der Waals surface area contributed by atoms with Crippen LogP contribution in [0.25, 0.3) is 0 Å². The van der Waals surface area contributed by atoms with Crippen molar-refractivity contribution in [2.75, 3.05) is 38.8 Å². The van der Waals surface area contributed by atoms with Gasteiger partial charge in [0.15, 0.2) is 0 Å². The van der Waals surface area contributed by atoms with Crippen molar-refractivity contribution in [2.24, 2.45) is 0 Å². The fourth-order valence-electron chi connectivity index (χ4n) is 3.66. The lowest BCUT2D eigenvalue weighted by Gasteiger charge is -2.34. The number of nitrogens with zero attached hydrogens (tertiary/aromatic N) is 2. The van der Waals surface area contributed by atoms with Gasteiger partial charge in [0, 0.05) is 27.8 Å². The Balaban J connectivity index is 1.40. The SMILES string of the molecule is C[N+](C)(CCCN1c2ccccc2Sc2ccc(Cl)cc21)COC(=O)c1ccccc1. The highest BCUT2D eigenvalue weighted by molar-refractivity contribution is 7.99. The molecule has 1 aliphatic heterocycles. The van der Waals surface area contributed by atoms with E-state index in [1.54, 1.807) is 23.9 Å².